The lowest BCUT2D eigenvalue weighted by Gasteiger charge is -2.33. The third kappa shape index (κ3) is 4.76. The molecule has 0 spiro atoms. The summed E-state index contributed by atoms with van der Waals surface area (Å²) in [5.74, 6) is -5.73. The van der Waals surface area contributed by atoms with E-state index in [1.54, 1.807) is 0 Å². The number of hydrogen-bond acceptors (Lipinski definition) is 5. The molecule has 1 aliphatic heterocycles. The first-order valence-electron chi connectivity index (χ1n) is 8.73. The summed E-state index contributed by atoms with van der Waals surface area (Å²) in [6.45, 7) is 0.612. The van der Waals surface area contributed by atoms with Crippen LogP contribution in [0.15, 0.2) is 30.3 Å². The number of nitrogens with zero attached hydrogens (tertiary/aromatic N) is 3. The summed E-state index contributed by atoms with van der Waals surface area (Å²) in [6, 6.07) is 4.87. The van der Waals surface area contributed by atoms with Crippen molar-refractivity contribution in [3.05, 3.63) is 59.0 Å². The summed E-state index contributed by atoms with van der Waals surface area (Å²) in [4.78, 5) is 30.2. The van der Waals surface area contributed by atoms with Gasteiger partial charge in [0, 0.05) is 39.7 Å². The van der Waals surface area contributed by atoms with Crippen LogP contribution < -0.4 is 5.32 Å². The van der Waals surface area contributed by atoms with Crippen LogP contribution in [0.2, 0.25) is 0 Å². The molecule has 0 unspecified atom stereocenters. The smallest absolute Gasteiger partial charge is 0.272 e. The first-order chi connectivity index (χ1) is 14.1. The molecule has 0 atom stereocenters. The normalized spacial score (nSPS) is 15.1. The third-order valence-electron chi connectivity index (χ3n) is 4.44. The summed E-state index contributed by atoms with van der Waals surface area (Å²) in [7, 11) is -3.35. The number of piperazine rings is 1. The zero-order valence-electron chi connectivity index (χ0n) is 15.7. The lowest BCUT2D eigenvalue weighted by Crippen LogP contribution is -2.50. The van der Waals surface area contributed by atoms with Crippen LogP contribution in [0.5, 0.6) is 0 Å². The lowest BCUT2D eigenvalue weighted by molar-refractivity contribution is 0.0692. The summed E-state index contributed by atoms with van der Waals surface area (Å²) >= 11 is 0. The maximum absolute atomic E-state index is 13.8. The van der Waals surface area contributed by atoms with Gasteiger partial charge in [-0.2, -0.15) is 4.31 Å². The van der Waals surface area contributed by atoms with Crippen molar-refractivity contribution in [2.24, 2.45) is 0 Å². The molecular weight excluding hydrogens is 425 g/mol. The number of carbonyl (C=O) groups excluding carboxylic acids is 2. The van der Waals surface area contributed by atoms with Crippen molar-refractivity contribution >= 4 is 27.7 Å². The Hall–Kier alpha value is -2.99. The topological polar surface area (TPSA) is 99.7 Å². The quantitative estimate of drug-likeness (QED) is 0.774. The predicted molar refractivity (Wildman–Crippen MR) is 103 cm³/mol. The highest BCUT2D eigenvalue weighted by Gasteiger charge is 2.27. The molecule has 1 fully saturated rings. The molecule has 0 bridgehead atoms. The molecule has 1 saturated heterocycles. The molecule has 1 N–H and O–H groups in total. The van der Waals surface area contributed by atoms with Crippen molar-refractivity contribution in [1.82, 2.24) is 14.2 Å². The van der Waals surface area contributed by atoms with Gasteiger partial charge in [0.1, 0.15) is 34.5 Å². The van der Waals surface area contributed by atoms with Crippen molar-refractivity contribution in [2.75, 3.05) is 37.8 Å². The van der Waals surface area contributed by atoms with Crippen molar-refractivity contribution in [1.29, 1.82) is 0 Å². The highest BCUT2D eigenvalue weighted by atomic mass is 32.2. The minimum atomic E-state index is -3.35. The molecule has 162 valence electrons. The van der Waals surface area contributed by atoms with Gasteiger partial charge in [-0.3, -0.25) is 9.59 Å². The summed E-state index contributed by atoms with van der Waals surface area (Å²) in [5, 5.41) is 2.17. The molecule has 2 amide bonds. The molecule has 2 heterocycles. The van der Waals surface area contributed by atoms with Gasteiger partial charge in [-0.15, -0.1) is 0 Å². The van der Waals surface area contributed by atoms with Crippen molar-refractivity contribution in [3.63, 3.8) is 0 Å². The number of rotatable bonds is 4. The van der Waals surface area contributed by atoms with E-state index in [0.29, 0.717) is 12.1 Å². The number of anilines is 1. The van der Waals surface area contributed by atoms with Crippen LogP contribution in [0.1, 0.15) is 22.3 Å². The van der Waals surface area contributed by atoms with Crippen LogP contribution in [-0.4, -0.2) is 66.9 Å². The minimum absolute atomic E-state index is 0. The van der Waals surface area contributed by atoms with Crippen LogP contribution >= 0.6 is 0 Å². The molecule has 1 aromatic carbocycles. The van der Waals surface area contributed by atoms with Gasteiger partial charge in [-0.1, -0.05) is 6.07 Å². The summed E-state index contributed by atoms with van der Waals surface area (Å²) in [6.07, 6.45) is 1.09. The molecule has 1 aromatic heterocycles. The number of hydrogen-bond donors (Lipinski definition) is 1. The average Bonchev–Trinajstić information content (AvgIpc) is 2.66. The Morgan fingerprint density at radius 2 is 1.67 bits per heavy atom. The van der Waals surface area contributed by atoms with E-state index in [0.717, 1.165) is 6.26 Å². The number of carbonyl (C=O) groups is 2. The van der Waals surface area contributed by atoms with Gasteiger partial charge in [0.05, 0.1) is 6.26 Å². The largest absolute Gasteiger partial charge is 0.335 e. The fraction of sp³-hybridized carbons (Fsp3) is 0.278. The maximum Gasteiger partial charge on any atom is 0.272 e. The van der Waals surface area contributed by atoms with E-state index in [9.17, 15) is 31.2 Å². The molecule has 12 heteroatoms. The van der Waals surface area contributed by atoms with Crippen LogP contribution in [0.3, 0.4) is 0 Å². The highest BCUT2D eigenvalue weighted by molar-refractivity contribution is 7.88. The molecule has 30 heavy (non-hydrogen) atoms. The number of sulfonamides is 1. The Kier molecular flexibility index (Phi) is 6.08. The van der Waals surface area contributed by atoms with E-state index in [2.05, 4.69) is 10.3 Å². The van der Waals surface area contributed by atoms with Crippen LogP contribution in [0, 0.1) is 17.5 Å². The van der Waals surface area contributed by atoms with Crippen LogP contribution in [0.25, 0.3) is 0 Å². The fourth-order valence-corrected chi connectivity index (χ4v) is 3.77. The van der Waals surface area contributed by atoms with E-state index in [1.165, 1.54) is 27.4 Å². The van der Waals surface area contributed by atoms with Gasteiger partial charge in [0.15, 0.2) is 0 Å². The average molecular weight is 444 g/mol. The van der Waals surface area contributed by atoms with Gasteiger partial charge >= 0.3 is 0 Å². The molecular formula is C18H19F3N4O4S. The number of nitrogens with one attached hydrogen (secondary N) is 1. The predicted octanol–water partition coefficient (Wildman–Crippen LogP) is 1.71. The Labute approximate surface area is 171 Å². The zero-order chi connectivity index (χ0) is 22.1. The number of amides is 2. The monoisotopic (exact) mass is 444 g/mol. The van der Waals surface area contributed by atoms with E-state index in [-0.39, 0.29) is 39.1 Å². The molecule has 8 nitrogen and oxygen atoms in total. The molecule has 0 saturated carbocycles. The molecule has 0 aliphatic carbocycles. The number of aromatic nitrogens is 1. The lowest BCUT2D eigenvalue weighted by atomic mass is 10.1. The molecule has 2 aromatic rings. The number of benzene rings is 1. The summed E-state index contributed by atoms with van der Waals surface area (Å²) < 4.78 is 64.9. The van der Waals surface area contributed by atoms with E-state index >= 15 is 0 Å². The standard InChI is InChI=1S/C18H17F3N4O4S.H2/c1-30(28,29)25-7-5-24(6-8-25)18(27)14-3-2-4-15(22-14)23-17(26)16-12(20)9-11(19)10-13(16)21;/h2-4,9-10H,5-8H2,1H3,(H,22,23,26);1H. The van der Waals surface area contributed by atoms with Gasteiger partial charge < -0.3 is 10.2 Å². The Morgan fingerprint density at radius 3 is 2.23 bits per heavy atom. The SMILES string of the molecule is CS(=O)(=O)N1CCN(C(=O)c2cccc(NC(=O)c3c(F)cc(F)cc3F)n2)CC1.[HH]. The fourth-order valence-electron chi connectivity index (χ4n) is 2.95. The Morgan fingerprint density at radius 1 is 1.07 bits per heavy atom. The van der Waals surface area contributed by atoms with E-state index < -0.39 is 44.9 Å². The second-order valence-corrected chi connectivity index (χ2v) is 8.54. The third-order valence-corrected chi connectivity index (χ3v) is 5.74. The number of halogens is 3. The van der Waals surface area contributed by atoms with E-state index in [4.69, 9.17) is 0 Å². The highest BCUT2D eigenvalue weighted by Crippen LogP contribution is 2.17. The van der Waals surface area contributed by atoms with Gasteiger partial charge in [0.25, 0.3) is 11.8 Å². The first-order valence-corrected chi connectivity index (χ1v) is 10.6. The van der Waals surface area contributed by atoms with Crippen molar-refractivity contribution in [3.8, 4) is 0 Å². The van der Waals surface area contributed by atoms with Crippen LogP contribution in [-0.2, 0) is 10.0 Å². The second-order valence-electron chi connectivity index (χ2n) is 6.56. The summed E-state index contributed by atoms with van der Waals surface area (Å²) in [5.41, 5.74) is -1.02. The second kappa shape index (κ2) is 8.40. The Bertz CT molecular complexity index is 1090. The van der Waals surface area contributed by atoms with E-state index in [1.807, 2.05) is 0 Å². The van der Waals surface area contributed by atoms with Crippen LogP contribution in [0.4, 0.5) is 19.0 Å². The minimum Gasteiger partial charge on any atom is -0.335 e. The van der Waals surface area contributed by atoms with Crippen molar-refractivity contribution in [2.45, 2.75) is 0 Å². The first kappa shape index (κ1) is 21.7. The molecule has 1 aliphatic rings. The Balaban J connectivity index is 0.00000341. The molecule has 3 rings (SSSR count). The zero-order valence-corrected chi connectivity index (χ0v) is 16.5. The van der Waals surface area contributed by atoms with Gasteiger partial charge in [-0.05, 0) is 12.1 Å². The number of pyridine rings is 1. The van der Waals surface area contributed by atoms with Gasteiger partial charge in [-0.25, -0.2) is 26.6 Å². The molecule has 0 radical (unpaired) electrons. The van der Waals surface area contributed by atoms with Gasteiger partial charge in [0.2, 0.25) is 10.0 Å². The van der Waals surface area contributed by atoms with Crippen molar-refractivity contribution < 1.29 is 32.6 Å². The maximum atomic E-state index is 13.8.